The van der Waals surface area contributed by atoms with E-state index in [9.17, 15) is 0 Å². The van der Waals surface area contributed by atoms with Crippen LogP contribution in [-0.4, -0.2) is 30.1 Å². The highest BCUT2D eigenvalue weighted by Crippen LogP contribution is 2.42. The monoisotopic (exact) mass is 280 g/mol. The van der Waals surface area contributed by atoms with Gasteiger partial charge in [-0.1, -0.05) is 41.0 Å². The van der Waals surface area contributed by atoms with E-state index in [0.29, 0.717) is 22.9 Å². The molecule has 2 N–H and O–H groups in total. The van der Waals surface area contributed by atoms with Crippen LogP contribution in [0.2, 0.25) is 0 Å². The Morgan fingerprint density at radius 3 is 2.30 bits per heavy atom. The van der Waals surface area contributed by atoms with Crippen molar-refractivity contribution in [2.45, 2.75) is 85.2 Å². The molecule has 0 bridgehead atoms. The van der Waals surface area contributed by atoms with Crippen molar-refractivity contribution in [1.82, 2.24) is 4.90 Å². The lowest BCUT2D eigenvalue weighted by molar-refractivity contribution is 0.0272. The van der Waals surface area contributed by atoms with Gasteiger partial charge in [0.1, 0.15) is 0 Å². The highest BCUT2D eigenvalue weighted by atomic mass is 15.2. The normalized spacial score (nSPS) is 36.0. The zero-order valence-corrected chi connectivity index (χ0v) is 14.4. The maximum absolute atomic E-state index is 6.48. The van der Waals surface area contributed by atoms with Gasteiger partial charge in [0.15, 0.2) is 0 Å². The van der Waals surface area contributed by atoms with Gasteiger partial charge in [0.25, 0.3) is 0 Å². The topological polar surface area (TPSA) is 29.3 Å². The molecule has 3 atom stereocenters. The summed E-state index contributed by atoms with van der Waals surface area (Å²) in [6, 6.07) is 1.04. The van der Waals surface area contributed by atoms with E-state index in [0.717, 1.165) is 5.92 Å². The van der Waals surface area contributed by atoms with E-state index in [2.05, 4.69) is 39.5 Å². The molecular weight excluding hydrogens is 244 g/mol. The largest absolute Gasteiger partial charge is 0.326 e. The van der Waals surface area contributed by atoms with Crippen molar-refractivity contribution in [2.24, 2.45) is 22.5 Å². The fourth-order valence-corrected chi connectivity index (χ4v) is 4.05. The van der Waals surface area contributed by atoms with Crippen LogP contribution in [0.3, 0.4) is 0 Å². The molecule has 118 valence electrons. The molecule has 0 aromatic rings. The Labute approximate surface area is 126 Å². The second-order valence-electron chi connectivity index (χ2n) is 8.78. The number of rotatable bonds is 3. The lowest BCUT2D eigenvalue weighted by Gasteiger charge is -2.48. The van der Waals surface area contributed by atoms with Crippen molar-refractivity contribution < 1.29 is 0 Å². The van der Waals surface area contributed by atoms with Crippen molar-refractivity contribution in [1.29, 1.82) is 0 Å². The van der Waals surface area contributed by atoms with Gasteiger partial charge < -0.3 is 5.73 Å². The van der Waals surface area contributed by atoms with Crippen LogP contribution in [0, 0.1) is 16.7 Å². The Morgan fingerprint density at radius 1 is 1.15 bits per heavy atom. The summed E-state index contributed by atoms with van der Waals surface area (Å²) < 4.78 is 0. The molecule has 0 amide bonds. The molecule has 2 rings (SSSR count). The molecule has 2 fully saturated rings. The molecule has 1 saturated heterocycles. The van der Waals surface area contributed by atoms with Crippen molar-refractivity contribution in [3.63, 3.8) is 0 Å². The summed E-state index contributed by atoms with van der Waals surface area (Å²) in [5.74, 6) is 0.854. The third kappa shape index (κ3) is 3.57. The van der Waals surface area contributed by atoms with Gasteiger partial charge in [-0.2, -0.15) is 0 Å². The molecule has 2 heteroatoms. The number of nitrogens with zero attached hydrogens (tertiary/aromatic N) is 1. The molecule has 20 heavy (non-hydrogen) atoms. The molecule has 0 aromatic heterocycles. The number of hydrogen-bond acceptors (Lipinski definition) is 2. The van der Waals surface area contributed by atoms with E-state index in [-0.39, 0.29) is 0 Å². The smallest absolute Gasteiger partial charge is 0.0250 e. The summed E-state index contributed by atoms with van der Waals surface area (Å²) in [4.78, 5) is 2.72. The first kappa shape index (κ1) is 16.3. The molecule has 1 heterocycles. The minimum atomic E-state index is 0.403. The third-order valence-electron chi connectivity index (χ3n) is 6.51. The maximum atomic E-state index is 6.48. The summed E-state index contributed by atoms with van der Waals surface area (Å²) >= 11 is 0. The second-order valence-corrected chi connectivity index (χ2v) is 8.78. The fraction of sp³-hybridized carbons (Fsp3) is 1.00. The summed E-state index contributed by atoms with van der Waals surface area (Å²) in [5, 5.41) is 0. The van der Waals surface area contributed by atoms with Crippen LogP contribution in [0.4, 0.5) is 0 Å². The van der Waals surface area contributed by atoms with Gasteiger partial charge in [0.2, 0.25) is 0 Å². The van der Waals surface area contributed by atoms with Crippen molar-refractivity contribution in [3.8, 4) is 0 Å². The van der Waals surface area contributed by atoms with Crippen LogP contribution in [-0.2, 0) is 0 Å². The average Bonchev–Trinajstić information content (AvgIpc) is 2.39. The standard InChI is InChI=1S/C18H36N2/c1-6-18(4,5)14-7-8-15(19)16(13-14)20-11-9-17(2,3)10-12-20/h14-16H,6-13,19H2,1-5H3. The van der Waals surface area contributed by atoms with Gasteiger partial charge in [-0.05, 0) is 61.9 Å². The van der Waals surface area contributed by atoms with Gasteiger partial charge >= 0.3 is 0 Å². The first-order chi connectivity index (χ1) is 9.25. The predicted molar refractivity (Wildman–Crippen MR) is 87.8 cm³/mol. The number of likely N-dealkylation sites (tertiary alicyclic amines) is 1. The second kappa shape index (κ2) is 5.96. The van der Waals surface area contributed by atoms with Crippen LogP contribution in [0.15, 0.2) is 0 Å². The Balaban J connectivity index is 1.99. The van der Waals surface area contributed by atoms with Gasteiger partial charge in [0.05, 0.1) is 0 Å². The van der Waals surface area contributed by atoms with E-state index in [1.54, 1.807) is 0 Å². The highest BCUT2D eigenvalue weighted by Gasteiger charge is 2.39. The summed E-state index contributed by atoms with van der Waals surface area (Å²) in [5.41, 5.74) is 7.50. The number of nitrogens with two attached hydrogens (primary N) is 1. The quantitative estimate of drug-likeness (QED) is 0.845. The first-order valence-corrected chi connectivity index (χ1v) is 8.75. The minimum absolute atomic E-state index is 0.403. The van der Waals surface area contributed by atoms with Crippen molar-refractivity contribution in [2.75, 3.05) is 13.1 Å². The Kier molecular flexibility index (Phi) is 4.86. The van der Waals surface area contributed by atoms with E-state index >= 15 is 0 Å². The van der Waals surface area contributed by atoms with Crippen LogP contribution in [0.5, 0.6) is 0 Å². The van der Waals surface area contributed by atoms with Gasteiger partial charge in [-0.15, -0.1) is 0 Å². The first-order valence-electron chi connectivity index (χ1n) is 8.75. The van der Waals surface area contributed by atoms with Crippen LogP contribution in [0.25, 0.3) is 0 Å². The number of hydrogen-bond donors (Lipinski definition) is 1. The summed E-state index contributed by atoms with van der Waals surface area (Å²) in [6.07, 6.45) is 7.82. The molecule has 0 aromatic carbocycles. The maximum Gasteiger partial charge on any atom is 0.0250 e. The molecule has 2 aliphatic rings. The van der Waals surface area contributed by atoms with Crippen LogP contribution < -0.4 is 5.73 Å². The average molecular weight is 280 g/mol. The van der Waals surface area contributed by atoms with E-state index in [1.807, 2.05) is 0 Å². The van der Waals surface area contributed by atoms with Gasteiger partial charge in [-0.3, -0.25) is 4.90 Å². The summed E-state index contributed by atoms with van der Waals surface area (Å²) in [6.45, 7) is 14.6. The molecule has 0 spiro atoms. The Hall–Kier alpha value is -0.0800. The zero-order valence-electron chi connectivity index (χ0n) is 14.4. The van der Waals surface area contributed by atoms with E-state index in [4.69, 9.17) is 5.73 Å². The van der Waals surface area contributed by atoms with E-state index in [1.165, 1.54) is 51.6 Å². The highest BCUT2D eigenvalue weighted by molar-refractivity contribution is 4.95. The van der Waals surface area contributed by atoms with Gasteiger partial charge in [0, 0.05) is 12.1 Å². The molecule has 3 unspecified atom stereocenters. The summed E-state index contributed by atoms with van der Waals surface area (Å²) in [7, 11) is 0. The van der Waals surface area contributed by atoms with Gasteiger partial charge in [-0.25, -0.2) is 0 Å². The predicted octanol–water partition coefficient (Wildman–Crippen LogP) is 4.04. The molecule has 1 aliphatic carbocycles. The lowest BCUT2D eigenvalue weighted by atomic mass is 9.67. The molecule has 1 saturated carbocycles. The fourth-order valence-electron chi connectivity index (χ4n) is 4.05. The van der Waals surface area contributed by atoms with E-state index < -0.39 is 0 Å². The molecular formula is C18H36N2. The SMILES string of the molecule is CCC(C)(C)C1CCC(N)C(N2CCC(C)(C)CC2)C1. The molecule has 2 nitrogen and oxygen atoms in total. The van der Waals surface area contributed by atoms with Crippen LogP contribution >= 0.6 is 0 Å². The molecule has 0 radical (unpaired) electrons. The zero-order chi connectivity index (χ0) is 15.0. The Morgan fingerprint density at radius 2 is 1.75 bits per heavy atom. The van der Waals surface area contributed by atoms with Crippen molar-refractivity contribution >= 4 is 0 Å². The van der Waals surface area contributed by atoms with Crippen LogP contribution in [0.1, 0.15) is 73.1 Å². The lowest BCUT2D eigenvalue weighted by Crippen LogP contribution is -2.55. The Bertz CT molecular complexity index is 311. The van der Waals surface area contributed by atoms with Crippen molar-refractivity contribution in [3.05, 3.63) is 0 Å². The third-order valence-corrected chi connectivity index (χ3v) is 6.51. The number of piperidine rings is 1. The molecule has 1 aliphatic heterocycles. The minimum Gasteiger partial charge on any atom is -0.326 e.